The summed E-state index contributed by atoms with van der Waals surface area (Å²) in [5.41, 5.74) is 3.06. The smallest absolute Gasteiger partial charge is 0.291 e. The van der Waals surface area contributed by atoms with Crippen LogP contribution in [0.5, 0.6) is 0 Å². The molecule has 1 aliphatic rings. The van der Waals surface area contributed by atoms with Crippen molar-refractivity contribution >= 4 is 33.0 Å². The third kappa shape index (κ3) is 3.21. The highest BCUT2D eigenvalue weighted by Gasteiger charge is 2.20. The monoisotopic (exact) mass is 367 g/mol. The molecule has 0 aliphatic heterocycles. The average Bonchev–Trinajstić information content (AvgIpc) is 2.81. The Labute approximate surface area is 136 Å². The Morgan fingerprint density at radius 3 is 2.90 bits per heavy atom. The maximum Gasteiger partial charge on any atom is 0.291 e. The van der Waals surface area contributed by atoms with E-state index >= 15 is 0 Å². The maximum absolute atomic E-state index is 12.5. The summed E-state index contributed by atoms with van der Waals surface area (Å²) in [6.07, 6.45) is 5.41. The Kier molecular flexibility index (Phi) is 4.45. The summed E-state index contributed by atoms with van der Waals surface area (Å²) in [6, 6.07) is 0. The lowest BCUT2D eigenvalue weighted by molar-refractivity contribution is 0.262. The first-order valence-electron chi connectivity index (χ1n) is 7.16. The molecule has 0 bridgehead atoms. The lowest BCUT2D eigenvalue weighted by Crippen LogP contribution is -2.30. The van der Waals surface area contributed by atoms with Crippen LogP contribution in [0.4, 0.5) is 5.69 Å². The Hall–Kier alpha value is -1.14. The highest BCUT2D eigenvalue weighted by molar-refractivity contribution is 9.10. The summed E-state index contributed by atoms with van der Waals surface area (Å²) in [5, 5.41) is 11.7. The van der Waals surface area contributed by atoms with Gasteiger partial charge in [0.2, 0.25) is 0 Å². The molecule has 21 heavy (non-hydrogen) atoms. The molecule has 112 valence electrons. The number of nitrogens with one attached hydrogen (secondary N) is 1. The van der Waals surface area contributed by atoms with E-state index in [9.17, 15) is 4.79 Å². The summed E-state index contributed by atoms with van der Waals surface area (Å²) in [4.78, 5) is 12.5. The van der Waals surface area contributed by atoms with Gasteiger partial charge in [-0.25, -0.2) is 4.68 Å². The first kappa shape index (κ1) is 14.8. The van der Waals surface area contributed by atoms with Gasteiger partial charge in [-0.3, -0.25) is 4.79 Å². The van der Waals surface area contributed by atoms with Gasteiger partial charge >= 0.3 is 0 Å². The van der Waals surface area contributed by atoms with Crippen molar-refractivity contribution < 1.29 is 0 Å². The minimum absolute atomic E-state index is 0.0378. The maximum atomic E-state index is 12.5. The van der Waals surface area contributed by atoms with Crippen molar-refractivity contribution in [2.45, 2.75) is 39.3 Å². The number of aromatic nitrogens is 2. The second-order valence-electron chi connectivity index (χ2n) is 5.59. The van der Waals surface area contributed by atoms with Crippen molar-refractivity contribution in [3.63, 3.8) is 0 Å². The fourth-order valence-corrected chi connectivity index (χ4v) is 3.69. The van der Waals surface area contributed by atoms with Crippen molar-refractivity contribution in [2.75, 3.05) is 5.32 Å². The normalized spacial score (nSPS) is 15.0. The largest absolute Gasteiger partial charge is 0.375 e. The first-order valence-corrected chi connectivity index (χ1v) is 8.90. The van der Waals surface area contributed by atoms with E-state index in [1.165, 1.54) is 30.4 Å². The van der Waals surface area contributed by atoms with E-state index in [1.807, 2.05) is 0 Å². The summed E-state index contributed by atoms with van der Waals surface area (Å²) in [7, 11) is 0. The van der Waals surface area contributed by atoms with E-state index in [0.29, 0.717) is 18.2 Å². The fourth-order valence-electron chi connectivity index (χ4n) is 2.43. The van der Waals surface area contributed by atoms with Crippen LogP contribution in [0.1, 0.15) is 30.4 Å². The lowest BCUT2D eigenvalue weighted by Gasteiger charge is -2.25. The molecule has 0 atom stereocenters. The van der Waals surface area contributed by atoms with Gasteiger partial charge in [-0.15, -0.1) is 0 Å². The molecule has 2 aromatic rings. The molecule has 0 saturated heterocycles. The van der Waals surface area contributed by atoms with Crippen molar-refractivity contribution in [1.29, 1.82) is 0 Å². The molecule has 0 radical (unpaired) electrons. The Morgan fingerprint density at radius 2 is 2.29 bits per heavy atom. The van der Waals surface area contributed by atoms with Gasteiger partial charge in [0.15, 0.2) is 0 Å². The zero-order valence-corrected chi connectivity index (χ0v) is 14.3. The van der Waals surface area contributed by atoms with Gasteiger partial charge < -0.3 is 5.32 Å². The van der Waals surface area contributed by atoms with E-state index in [4.69, 9.17) is 0 Å². The van der Waals surface area contributed by atoms with Crippen molar-refractivity contribution in [1.82, 2.24) is 9.78 Å². The van der Waals surface area contributed by atoms with Gasteiger partial charge in [0.05, 0.1) is 10.7 Å². The summed E-state index contributed by atoms with van der Waals surface area (Å²) in [6.45, 7) is 3.48. The van der Waals surface area contributed by atoms with Crippen LogP contribution in [-0.4, -0.2) is 9.78 Å². The van der Waals surface area contributed by atoms with Gasteiger partial charge in [0.25, 0.3) is 5.56 Å². The topological polar surface area (TPSA) is 46.9 Å². The summed E-state index contributed by atoms with van der Waals surface area (Å²) < 4.78 is 2.32. The van der Waals surface area contributed by atoms with Gasteiger partial charge in [-0.1, -0.05) is 6.42 Å². The Morgan fingerprint density at radius 1 is 1.48 bits per heavy atom. The summed E-state index contributed by atoms with van der Waals surface area (Å²) >= 11 is 5.11. The predicted molar refractivity (Wildman–Crippen MR) is 89.9 cm³/mol. The van der Waals surface area contributed by atoms with Crippen LogP contribution in [0.3, 0.4) is 0 Å². The third-order valence-electron chi connectivity index (χ3n) is 4.07. The molecule has 6 heteroatoms. The molecule has 0 unspecified atom stereocenters. The van der Waals surface area contributed by atoms with E-state index in [0.717, 1.165) is 11.0 Å². The number of hydrogen-bond acceptors (Lipinski definition) is 4. The molecular weight excluding hydrogens is 350 g/mol. The number of anilines is 1. The molecule has 0 amide bonds. The van der Waals surface area contributed by atoms with E-state index < -0.39 is 0 Å². The van der Waals surface area contributed by atoms with E-state index in [2.05, 4.69) is 44.0 Å². The van der Waals surface area contributed by atoms with Crippen LogP contribution in [0.2, 0.25) is 0 Å². The van der Waals surface area contributed by atoms with Crippen LogP contribution in [0, 0.1) is 12.8 Å². The average molecular weight is 368 g/mol. The standard InChI is InChI=1S/C15H18BrN3OS/c1-10-8-21-9-12(10)5-17-14-13(16)6-18-19(15(14)20)7-11-3-2-4-11/h6,8-9,11,17H,2-5,7H2,1H3. The molecule has 3 rings (SSSR count). The number of aryl methyl sites for hydroxylation is 1. The number of hydrogen-bond donors (Lipinski definition) is 1. The molecule has 1 N–H and O–H groups in total. The van der Waals surface area contributed by atoms with E-state index in [-0.39, 0.29) is 5.56 Å². The summed E-state index contributed by atoms with van der Waals surface area (Å²) in [5.74, 6) is 0.614. The second-order valence-corrected chi connectivity index (χ2v) is 7.18. The number of halogens is 1. The molecule has 1 saturated carbocycles. The molecule has 0 spiro atoms. The molecule has 4 nitrogen and oxygen atoms in total. The predicted octanol–water partition coefficient (Wildman–Crippen LogP) is 3.79. The van der Waals surface area contributed by atoms with Gasteiger partial charge in [-0.2, -0.15) is 16.4 Å². The lowest BCUT2D eigenvalue weighted by atomic mass is 9.85. The minimum atomic E-state index is -0.0378. The fraction of sp³-hybridized carbons (Fsp3) is 0.467. The van der Waals surface area contributed by atoms with Crippen LogP contribution in [-0.2, 0) is 13.1 Å². The second kappa shape index (κ2) is 6.32. The van der Waals surface area contributed by atoms with E-state index in [1.54, 1.807) is 22.2 Å². The SMILES string of the molecule is Cc1cscc1CNc1c(Br)cnn(CC2CCC2)c1=O. The zero-order valence-electron chi connectivity index (χ0n) is 11.9. The minimum Gasteiger partial charge on any atom is -0.375 e. The highest BCUT2D eigenvalue weighted by atomic mass is 79.9. The van der Waals surface area contributed by atoms with Gasteiger partial charge in [0, 0.05) is 13.1 Å². The Balaban J connectivity index is 1.78. The van der Waals surface area contributed by atoms with Crippen molar-refractivity contribution in [2.24, 2.45) is 5.92 Å². The van der Waals surface area contributed by atoms with Gasteiger partial charge in [-0.05, 0) is 63.5 Å². The van der Waals surface area contributed by atoms with Crippen LogP contribution in [0.15, 0.2) is 26.2 Å². The van der Waals surface area contributed by atoms with Crippen LogP contribution in [0.25, 0.3) is 0 Å². The third-order valence-corrected chi connectivity index (χ3v) is 5.58. The number of rotatable bonds is 5. The number of nitrogens with zero attached hydrogens (tertiary/aromatic N) is 2. The van der Waals surface area contributed by atoms with Crippen molar-refractivity contribution in [3.05, 3.63) is 42.9 Å². The van der Waals surface area contributed by atoms with Gasteiger partial charge in [0.1, 0.15) is 5.69 Å². The van der Waals surface area contributed by atoms with Crippen LogP contribution >= 0.6 is 27.3 Å². The molecule has 1 aliphatic carbocycles. The molecule has 2 aromatic heterocycles. The van der Waals surface area contributed by atoms with Crippen LogP contribution < -0.4 is 10.9 Å². The molecule has 0 aromatic carbocycles. The Bertz CT molecular complexity index is 690. The molecular formula is C15H18BrN3OS. The van der Waals surface area contributed by atoms with Crippen molar-refractivity contribution in [3.8, 4) is 0 Å². The quantitative estimate of drug-likeness (QED) is 0.874. The zero-order chi connectivity index (χ0) is 14.8. The highest BCUT2D eigenvalue weighted by Crippen LogP contribution is 2.27. The number of thiophene rings is 1. The molecule has 2 heterocycles. The molecule has 1 fully saturated rings. The first-order chi connectivity index (χ1) is 10.1.